The van der Waals surface area contributed by atoms with Crippen LogP contribution in [-0.4, -0.2) is 46.3 Å². The predicted molar refractivity (Wildman–Crippen MR) is 53.9 cm³/mol. The minimum atomic E-state index is -4.89. The lowest BCUT2D eigenvalue weighted by Gasteiger charge is -2.37. The second-order valence-electron chi connectivity index (χ2n) is 4.71. The van der Waals surface area contributed by atoms with Crippen LogP contribution in [0.1, 0.15) is 25.7 Å². The van der Waals surface area contributed by atoms with E-state index in [2.05, 4.69) is 0 Å². The Kier molecular flexibility index (Phi) is 3.12. The van der Waals surface area contributed by atoms with Crippen molar-refractivity contribution in [3.8, 4) is 0 Å². The molecule has 18 heavy (non-hydrogen) atoms. The Morgan fingerprint density at radius 2 is 1.67 bits per heavy atom. The molecule has 2 amide bonds. The number of hydrogen-bond donors (Lipinski definition) is 2. The quantitative estimate of drug-likeness (QED) is 0.752. The fourth-order valence-electron chi connectivity index (χ4n) is 2.87. The fourth-order valence-corrected chi connectivity index (χ4v) is 2.87. The molecule has 2 aliphatic heterocycles. The Balaban J connectivity index is 1.97. The molecule has 0 aromatic carbocycles. The molecule has 0 saturated carbocycles. The van der Waals surface area contributed by atoms with E-state index in [1.807, 2.05) is 5.32 Å². The smallest absolute Gasteiger partial charge is 0.465 e. The zero-order valence-corrected chi connectivity index (χ0v) is 9.41. The number of rotatable bonds is 1. The number of amides is 2. The van der Waals surface area contributed by atoms with E-state index in [-0.39, 0.29) is 24.9 Å². The standard InChI is InChI=1S/C10H13F3N2O3/c11-10(12,13)8(16)14-5-3-6-1-2-7(4-5)15(6)9(17)18/h5-7H,1-4H2,(H,14,16)(H,17,18)/t5?,6-,7?/m1/s1. The van der Waals surface area contributed by atoms with Gasteiger partial charge >= 0.3 is 18.2 Å². The van der Waals surface area contributed by atoms with Gasteiger partial charge in [0.2, 0.25) is 0 Å². The van der Waals surface area contributed by atoms with Gasteiger partial charge in [-0.25, -0.2) is 4.79 Å². The zero-order valence-electron chi connectivity index (χ0n) is 9.41. The van der Waals surface area contributed by atoms with Crippen LogP contribution in [0.15, 0.2) is 0 Å². The van der Waals surface area contributed by atoms with Crippen LogP contribution in [-0.2, 0) is 4.79 Å². The van der Waals surface area contributed by atoms with Gasteiger partial charge in [-0.3, -0.25) is 4.79 Å². The van der Waals surface area contributed by atoms with Crippen LogP contribution in [0.5, 0.6) is 0 Å². The second-order valence-corrected chi connectivity index (χ2v) is 4.71. The lowest BCUT2D eigenvalue weighted by Crippen LogP contribution is -2.53. The molecule has 5 nitrogen and oxygen atoms in total. The molecule has 0 aliphatic carbocycles. The van der Waals surface area contributed by atoms with E-state index in [9.17, 15) is 22.8 Å². The van der Waals surface area contributed by atoms with Crippen LogP contribution in [0.3, 0.4) is 0 Å². The third-order valence-corrected chi connectivity index (χ3v) is 3.55. The van der Waals surface area contributed by atoms with Gasteiger partial charge in [-0.15, -0.1) is 0 Å². The summed E-state index contributed by atoms with van der Waals surface area (Å²) in [6.07, 6.45) is -4.12. The highest BCUT2D eigenvalue weighted by Crippen LogP contribution is 2.35. The molecule has 0 spiro atoms. The molecule has 102 valence electrons. The van der Waals surface area contributed by atoms with Gasteiger partial charge in [-0.1, -0.05) is 0 Å². The van der Waals surface area contributed by atoms with Crippen molar-refractivity contribution < 1.29 is 27.9 Å². The first-order valence-corrected chi connectivity index (χ1v) is 5.68. The van der Waals surface area contributed by atoms with Crippen molar-refractivity contribution in [2.45, 2.75) is 50.0 Å². The maximum absolute atomic E-state index is 12.1. The van der Waals surface area contributed by atoms with Crippen molar-refractivity contribution in [2.75, 3.05) is 0 Å². The monoisotopic (exact) mass is 266 g/mol. The van der Waals surface area contributed by atoms with Crippen LogP contribution >= 0.6 is 0 Å². The summed E-state index contributed by atoms with van der Waals surface area (Å²) in [5.41, 5.74) is 0. The molecule has 3 atom stereocenters. The van der Waals surface area contributed by atoms with E-state index in [0.717, 1.165) is 0 Å². The van der Waals surface area contributed by atoms with Crippen molar-refractivity contribution >= 4 is 12.0 Å². The van der Waals surface area contributed by atoms with Crippen molar-refractivity contribution in [3.63, 3.8) is 0 Å². The topological polar surface area (TPSA) is 69.6 Å². The summed E-state index contributed by atoms with van der Waals surface area (Å²) in [7, 11) is 0. The molecule has 0 aromatic heterocycles. The molecule has 2 unspecified atom stereocenters. The minimum Gasteiger partial charge on any atom is -0.465 e. The molecule has 2 aliphatic rings. The van der Waals surface area contributed by atoms with Gasteiger partial charge in [0.25, 0.3) is 0 Å². The number of carboxylic acid groups (broad SMARTS) is 1. The summed E-state index contributed by atoms with van der Waals surface area (Å²) in [6, 6.07) is -1.15. The maximum atomic E-state index is 12.1. The first-order chi connectivity index (χ1) is 8.29. The van der Waals surface area contributed by atoms with Crippen LogP contribution in [0, 0.1) is 0 Å². The van der Waals surface area contributed by atoms with Crippen LogP contribution in [0.4, 0.5) is 18.0 Å². The third kappa shape index (κ3) is 2.37. The normalized spacial score (nSPS) is 31.3. The van der Waals surface area contributed by atoms with E-state index >= 15 is 0 Å². The average molecular weight is 266 g/mol. The van der Waals surface area contributed by atoms with E-state index in [4.69, 9.17) is 5.11 Å². The summed E-state index contributed by atoms with van der Waals surface area (Å²) in [6.45, 7) is 0. The number of halogens is 3. The third-order valence-electron chi connectivity index (χ3n) is 3.55. The number of piperidine rings is 1. The molecular formula is C10H13F3N2O3. The number of fused-ring (bicyclic) bond motifs is 2. The highest BCUT2D eigenvalue weighted by atomic mass is 19.4. The van der Waals surface area contributed by atoms with E-state index in [1.54, 1.807) is 0 Å². The van der Waals surface area contributed by atoms with Gasteiger partial charge in [0, 0.05) is 18.1 Å². The number of carbonyl (C=O) groups is 2. The molecular weight excluding hydrogens is 253 g/mol. The number of nitrogens with one attached hydrogen (secondary N) is 1. The van der Waals surface area contributed by atoms with E-state index < -0.39 is 24.2 Å². The molecule has 0 radical (unpaired) electrons. The zero-order chi connectivity index (χ0) is 13.5. The molecule has 2 bridgehead atoms. The molecule has 2 rings (SSSR count). The van der Waals surface area contributed by atoms with Gasteiger partial charge in [0.15, 0.2) is 0 Å². The average Bonchev–Trinajstić information content (AvgIpc) is 2.50. The second kappa shape index (κ2) is 4.33. The van der Waals surface area contributed by atoms with Gasteiger partial charge in [0.1, 0.15) is 0 Å². The number of alkyl halides is 3. The Morgan fingerprint density at radius 1 is 1.17 bits per heavy atom. The van der Waals surface area contributed by atoms with Gasteiger partial charge in [-0.05, 0) is 25.7 Å². The largest absolute Gasteiger partial charge is 0.471 e. The summed E-state index contributed by atoms with van der Waals surface area (Å²) >= 11 is 0. The predicted octanol–water partition coefficient (Wildman–Crippen LogP) is 1.34. The lowest BCUT2D eigenvalue weighted by atomic mass is 9.98. The summed E-state index contributed by atoms with van der Waals surface area (Å²) in [5.74, 6) is -1.95. The highest BCUT2D eigenvalue weighted by molar-refractivity contribution is 5.82. The van der Waals surface area contributed by atoms with Crippen LogP contribution in [0.2, 0.25) is 0 Å². The van der Waals surface area contributed by atoms with Crippen molar-refractivity contribution in [2.24, 2.45) is 0 Å². The number of nitrogens with zero attached hydrogens (tertiary/aromatic N) is 1. The molecule has 2 heterocycles. The SMILES string of the molecule is O=C(O)N1C2CC[C@@H]1CC(NC(=O)C(F)(F)F)C2. The van der Waals surface area contributed by atoms with Gasteiger partial charge in [-0.2, -0.15) is 13.2 Å². The Labute approximate surface area is 101 Å². The maximum Gasteiger partial charge on any atom is 0.471 e. The first-order valence-electron chi connectivity index (χ1n) is 5.68. The Morgan fingerprint density at radius 3 is 2.06 bits per heavy atom. The van der Waals surface area contributed by atoms with Crippen LogP contribution in [0.25, 0.3) is 0 Å². The summed E-state index contributed by atoms with van der Waals surface area (Å²) in [5, 5.41) is 10.9. The lowest BCUT2D eigenvalue weighted by molar-refractivity contribution is -0.174. The van der Waals surface area contributed by atoms with E-state index in [0.29, 0.717) is 12.8 Å². The van der Waals surface area contributed by atoms with E-state index in [1.165, 1.54) is 4.90 Å². The van der Waals surface area contributed by atoms with Crippen molar-refractivity contribution in [1.29, 1.82) is 0 Å². The minimum absolute atomic E-state index is 0.255. The summed E-state index contributed by atoms with van der Waals surface area (Å²) in [4.78, 5) is 23.1. The van der Waals surface area contributed by atoms with Gasteiger partial charge in [0.05, 0.1) is 0 Å². The van der Waals surface area contributed by atoms with Crippen molar-refractivity contribution in [3.05, 3.63) is 0 Å². The summed E-state index contributed by atoms with van der Waals surface area (Å²) < 4.78 is 36.3. The molecule has 2 saturated heterocycles. The molecule has 2 fully saturated rings. The number of hydrogen-bond acceptors (Lipinski definition) is 2. The first kappa shape index (κ1) is 13.0. The van der Waals surface area contributed by atoms with Crippen molar-refractivity contribution in [1.82, 2.24) is 10.2 Å². The Hall–Kier alpha value is -1.47. The molecule has 2 N–H and O–H groups in total. The Bertz CT molecular complexity index is 358. The van der Waals surface area contributed by atoms with Crippen LogP contribution < -0.4 is 5.32 Å². The fraction of sp³-hybridized carbons (Fsp3) is 0.800. The molecule has 0 aromatic rings. The highest BCUT2D eigenvalue weighted by Gasteiger charge is 2.46. The number of carbonyl (C=O) groups excluding carboxylic acids is 1. The van der Waals surface area contributed by atoms with Gasteiger partial charge < -0.3 is 15.3 Å². The molecule has 8 heteroatoms.